The van der Waals surface area contributed by atoms with E-state index in [4.69, 9.17) is 0 Å². The van der Waals surface area contributed by atoms with Crippen molar-refractivity contribution >= 4 is 0 Å². The van der Waals surface area contributed by atoms with Crippen molar-refractivity contribution in [3.05, 3.63) is 29.8 Å². The van der Waals surface area contributed by atoms with Crippen molar-refractivity contribution in [1.29, 1.82) is 0 Å². The molecule has 0 saturated heterocycles. The number of hydrogen-bond donors (Lipinski definition) is 2. The molecule has 1 aliphatic carbocycles. The maximum atomic E-state index is 9.74. The van der Waals surface area contributed by atoms with Crippen LogP contribution < -0.4 is 5.32 Å². The second-order valence-electron chi connectivity index (χ2n) is 5.55. The molecule has 1 saturated carbocycles. The number of phenols is 1. The zero-order valence-electron chi connectivity index (χ0n) is 11.4. The van der Waals surface area contributed by atoms with E-state index in [1.807, 2.05) is 18.2 Å². The van der Waals surface area contributed by atoms with Gasteiger partial charge in [-0.3, -0.25) is 0 Å². The van der Waals surface area contributed by atoms with Crippen molar-refractivity contribution in [2.24, 2.45) is 5.92 Å². The zero-order valence-corrected chi connectivity index (χ0v) is 11.4. The van der Waals surface area contributed by atoms with Crippen LogP contribution >= 0.6 is 0 Å². The first-order valence-electron chi connectivity index (χ1n) is 7.27. The van der Waals surface area contributed by atoms with Gasteiger partial charge in [-0.15, -0.1) is 0 Å². The summed E-state index contributed by atoms with van der Waals surface area (Å²) in [4.78, 5) is 0. The lowest BCUT2D eigenvalue weighted by Crippen LogP contribution is -2.32. The Morgan fingerprint density at radius 2 is 1.83 bits per heavy atom. The van der Waals surface area contributed by atoms with Gasteiger partial charge in [0.15, 0.2) is 0 Å². The second kappa shape index (κ2) is 6.79. The molecule has 2 nitrogen and oxygen atoms in total. The highest BCUT2D eigenvalue weighted by Gasteiger charge is 2.18. The predicted molar refractivity (Wildman–Crippen MR) is 75.6 cm³/mol. The maximum absolute atomic E-state index is 9.74. The van der Waals surface area contributed by atoms with Gasteiger partial charge in [0.25, 0.3) is 0 Å². The van der Waals surface area contributed by atoms with Crippen molar-refractivity contribution in [3.8, 4) is 5.75 Å². The van der Waals surface area contributed by atoms with Crippen molar-refractivity contribution in [1.82, 2.24) is 5.32 Å². The fourth-order valence-electron chi connectivity index (χ4n) is 2.91. The molecule has 1 atom stereocenters. The summed E-state index contributed by atoms with van der Waals surface area (Å²) in [5.41, 5.74) is 0.998. The first kappa shape index (κ1) is 13.4. The van der Waals surface area contributed by atoms with Gasteiger partial charge in [0.1, 0.15) is 5.75 Å². The monoisotopic (exact) mass is 247 g/mol. The van der Waals surface area contributed by atoms with Crippen molar-refractivity contribution in [3.63, 3.8) is 0 Å². The number of phenolic OH excluding ortho intramolecular Hbond substituents is 1. The molecule has 1 aromatic carbocycles. The molecule has 0 aliphatic heterocycles. The first-order chi connectivity index (χ1) is 8.77. The van der Waals surface area contributed by atoms with Gasteiger partial charge < -0.3 is 10.4 Å². The van der Waals surface area contributed by atoms with Crippen molar-refractivity contribution in [2.45, 2.75) is 58.0 Å². The number of rotatable bonds is 4. The minimum absolute atomic E-state index is 0.401. The fraction of sp³-hybridized carbons (Fsp3) is 0.625. The van der Waals surface area contributed by atoms with E-state index in [9.17, 15) is 5.11 Å². The Morgan fingerprint density at radius 3 is 2.50 bits per heavy atom. The summed E-state index contributed by atoms with van der Waals surface area (Å²) in [6.07, 6.45) is 8.29. The van der Waals surface area contributed by atoms with E-state index in [0.717, 1.165) is 18.0 Å². The molecule has 18 heavy (non-hydrogen) atoms. The molecule has 0 radical (unpaired) electrons. The number of hydrogen-bond acceptors (Lipinski definition) is 2. The van der Waals surface area contributed by atoms with E-state index >= 15 is 0 Å². The summed E-state index contributed by atoms with van der Waals surface area (Å²) in [6.45, 7) is 3.06. The molecule has 0 heterocycles. The third-order valence-corrected chi connectivity index (χ3v) is 4.21. The third kappa shape index (κ3) is 3.74. The van der Waals surface area contributed by atoms with Crippen molar-refractivity contribution < 1.29 is 5.11 Å². The summed E-state index contributed by atoms with van der Waals surface area (Å²) >= 11 is 0. The van der Waals surface area contributed by atoms with Gasteiger partial charge in [0.2, 0.25) is 0 Å². The Balaban J connectivity index is 1.83. The largest absolute Gasteiger partial charge is 0.508 e. The fourth-order valence-corrected chi connectivity index (χ4v) is 2.91. The van der Waals surface area contributed by atoms with Crippen LogP contribution in [0.25, 0.3) is 0 Å². The number of benzene rings is 1. The average molecular weight is 247 g/mol. The Labute approximate surface area is 110 Å². The van der Waals surface area contributed by atoms with Crippen molar-refractivity contribution in [2.75, 3.05) is 0 Å². The number of nitrogens with one attached hydrogen (secondary N) is 1. The van der Waals surface area contributed by atoms with E-state index in [0.29, 0.717) is 11.8 Å². The van der Waals surface area contributed by atoms with Gasteiger partial charge in [0, 0.05) is 18.2 Å². The lowest BCUT2D eigenvalue weighted by Gasteiger charge is -2.23. The second-order valence-corrected chi connectivity index (χ2v) is 5.55. The van der Waals surface area contributed by atoms with Crippen LogP contribution in [0.4, 0.5) is 0 Å². The number of aromatic hydroxyl groups is 1. The van der Waals surface area contributed by atoms with Crippen LogP contribution in [0.15, 0.2) is 24.3 Å². The summed E-state index contributed by atoms with van der Waals surface area (Å²) in [5.74, 6) is 1.21. The van der Waals surface area contributed by atoms with Crippen LogP contribution in [0.2, 0.25) is 0 Å². The van der Waals surface area contributed by atoms with Gasteiger partial charge >= 0.3 is 0 Å². The molecular formula is C16H25NO. The quantitative estimate of drug-likeness (QED) is 0.792. The molecule has 100 valence electrons. The molecule has 2 N–H and O–H groups in total. The molecular weight excluding hydrogens is 222 g/mol. The van der Waals surface area contributed by atoms with Gasteiger partial charge in [-0.1, -0.05) is 43.9 Å². The first-order valence-corrected chi connectivity index (χ1v) is 7.27. The molecule has 2 rings (SSSR count). The normalized spacial score (nSPS) is 19.4. The van der Waals surface area contributed by atoms with Gasteiger partial charge in [-0.05, 0) is 31.7 Å². The molecule has 1 aromatic rings. The molecule has 0 aromatic heterocycles. The highest BCUT2D eigenvalue weighted by atomic mass is 16.3. The topological polar surface area (TPSA) is 32.3 Å². The summed E-state index contributed by atoms with van der Waals surface area (Å²) < 4.78 is 0. The summed E-state index contributed by atoms with van der Waals surface area (Å²) in [7, 11) is 0. The van der Waals surface area contributed by atoms with Crippen LogP contribution in [-0.2, 0) is 6.54 Å². The minimum atomic E-state index is 0.401. The summed E-state index contributed by atoms with van der Waals surface area (Å²) in [5, 5.41) is 13.3. The SMILES string of the molecule is C[C@H](NCc1ccccc1O)C1CCCCCC1. The third-order valence-electron chi connectivity index (χ3n) is 4.21. The molecule has 2 heteroatoms. The Morgan fingerprint density at radius 1 is 1.17 bits per heavy atom. The Bertz CT molecular complexity index is 356. The molecule has 0 spiro atoms. The highest BCUT2D eigenvalue weighted by molar-refractivity contribution is 5.31. The molecule has 0 amide bonds. The van der Waals surface area contributed by atoms with E-state index < -0.39 is 0 Å². The molecule has 0 bridgehead atoms. The Kier molecular flexibility index (Phi) is 5.06. The highest BCUT2D eigenvalue weighted by Crippen LogP contribution is 2.26. The van der Waals surface area contributed by atoms with Crippen LogP contribution in [0.3, 0.4) is 0 Å². The lowest BCUT2D eigenvalue weighted by atomic mass is 9.93. The van der Waals surface area contributed by atoms with Gasteiger partial charge in [0.05, 0.1) is 0 Å². The van der Waals surface area contributed by atoms with Gasteiger partial charge in [-0.2, -0.15) is 0 Å². The van der Waals surface area contributed by atoms with Crippen LogP contribution in [-0.4, -0.2) is 11.1 Å². The number of para-hydroxylation sites is 1. The predicted octanol–water partition coefficient (Wildman–Crippen LogP) is 3.84. The smallest absolute Gasteiger partial charge is 0.120 e. The van der Waals surface area contributed by atoms with E-state index in [-0.39, 0.29) is 0 Å². The van der Waals surface area contributed by atoms with E-state index in [1.165, 1.54) is 38.5 Å². The summed E-state index contributed by atoms with van der Waals surface area (Å²) in [6, 6.07) is 8.14. The molecule has 1 fully saturated rings. The molecule has 1 aliphatic rings. The zero-order chi connectivity index (χ0) is 12.8. The van der Waals surface area contributed by atoms with Crippen LogP contribution in [0.5, 0.6) is 5.75 Å². The van der Waals surface area contributed by atoms with Crippen LogP contribution in [0, 0.1) is 5.92 Å². The van der Waals surface area contributed by atoms with Crippen LogP contribution in [0.1, 0.15) is 51.0 Å². The standard InChI is InChI=1S/C16H25NO/c1-13(14-8-4-2-3-5-9-14)17-12-15-10-6-7-11-16(15)18/h6-7,10-11,13-14,17-18H,2-5,8-9,12H2,1H3/t13-/m0/s1. The Hall–Kier alpha value is -1.02. The van der Waals surface area contributed by atoms with Gasteiger partial charge in [-0.25, -0.2) is 0 Å². The lowest BCUT2D eigenvalue weighted by molar-refractivity contribution is 0.334. The molecule has 0 unspecified atom stereocenters. The van der Waals surface area contributed by atoms with E-state index in [1.54, 1.807) is 6.07 Å². The average Bonchev–Trinajstić information content (AvgIpc) is 2.66. The maximum Gasteiger partial charge on any atom is 0.120 e. The minimum Gasteiger partial charge on any atom is -0.508 e. The van der Waals surface area contributed by atoms with E-state index in [2.05, 4.69) is 12.2 Å².